The summed E-state index contributed by atoms with van der Waals surface area (Å²) in [4.78, 5) is 13.6. The van der Waals surface area contributed by atoms with Crippen molar-refractivity contribution in [2.45, 2.75) is 13.3 Å². The number of hydrogen-bond acceptors (Lipinski definition) is 3. The van der Waals surface area contributed by atoms with Gasteiger partial charge in [-0.15, -0.1) is 0 Å². The molecule has 0 radical (unpaired) electrons. The van der Waals surface area contributed by atoms with Gasteiger partial charge >= 0.3 is 0 Å². The number of carbonyl (C=O) groups is 1. The molecular formula is C11H17N3O. The van der Waals surface area contributed by atoms with Crippen molar-refractivity contribution >= 4 is 11.6 Å². The van der Waals surface area contributed by atoms with Gasteiger partial charge in [0.05, 0.1) is 11.3 Å². The second kappa shape index (κ2) is 5.36. The van der Waals surface area contributed by atoms with Gasteiger partial charge < -0.3 is 10.3 Å². The van der Waals surface area contributed by atoms with Gasteiger partial charge in [-0.2, -0.15) is 0 Å². The molecule has 0 aliphatic carbocycles. The molecule has 0 saturated carbocycles. The fraction of sp³-hybridized carbons (Fsp3) is 0.364. The first kappa shape index (κ1) is 11.5. The van der Waals surface area contributed by atoms with E-state index in [1.165, 1.54) is 0 Å². The molecule has 1 aromatic rings. The highest BCUT2D eigenvalue weighted by molar-refractivity contribution is 5.99. The molecule has 0 unspecified atom stereocenters. The fourth-order valence-electron chi connectivity index (χ4n) is 1.44. The van der Waals surface area contributed by atoms with Gasteiger partial charge in [-0.3, -0.25) is 10.6 Å². The maximum Gasteiger partial charge on any atom is 0.255 e. The first-order valence-corrected chi connectivity index (χ1v) is 5.01. The molecule has 1 aromatic carbocycles. The van der Waals surface area contributed by atoms with E-state index in [9.17, 15) is 4.79 Å². The molecule has 0 aromatic heterocycles. The number of hydrazine groups is 1. The zero-order valence-corrected chi connectivity index (χ0v) is 9.16. The molecule has 1 amide bonds. The number of nitrogens with two attached hydrogens (primary N) is 1. The minimum absolute atomic E-state index is 0.00889. The molecule has 0 aliphatic rings. The summed E-state index contributed by atoms with van der Waals surface area (Å²) in [5.41, 5.74) is 3.79. The van der Waals surface area contributed by atoms with Crippen molar-refractivity contribution in [2.24, 2.45) is 5.84 Å². The number of amides is 1. The van der Waals surface area contributed by atoms with Crippen molar-refractivity contribution in [1.82, 2.24) is 4.90 Å². The molecule has 4 heteroatoms. The number of carbonyl (C=O) groups excluding carboxylic acids is 1. The number of benzene rings is 1. The Kier molecular flexibility index (Phi) is 4.12. The molecule has 0 heterocycles. The van der Waals surface area contributed by atoms with Gasteiger partial charge in [0.15, 0.2) is 0 Å². The Balaban J connectivity index is 2.90. The lowest BCUT2D eigenvalue weighted by atomic mass is 10.1. The van der Waals surface area contributed by atoms with Gasteiger partial charge in [0.1, 0.15) is 0 Å². The van der Waals surface area contributed by atoms with Crippen LogP contribution in [0, 0.1) is 0 Å². The number of nitrogens with zero attached hydrogens (tertiary/aromatic N) is 1. The number of rotatable bonds is 4. The molecule has 1 rings (SSSR count). The van der Waals surface area contributed by atoms with Crippen LogP contribution in [0.2, 0.25) is 0 Å². The van der Waals surface area contributed by atoms with Crippen LogP contribution in [0.25, 0.3) is 0 Å². The predicted octanol–water partition coefficient (Wildman–Crippen LogP) is 1.45. The topological polar surface area (TPSA) is 58.4 Å². The number of nitrogens with one attached hydrogen (secondary N) is 1. The molecule has 0 aliphatic heterocycles. The lowest BCUT2D eigenvalue weighted by Crippen LogP contribution is -2.28. The van der Waals surface area contributed by atoms with E-state index in [1.807, 2.05) is 19.1 Å². The summed E-state index contributed by atoms with van der Waals surface area (Å²) < 4.78 is 0. The van der Waals surface area contributed by atoms with Crippen molar-refractivity contribution in [1.29, 1.82) is 0 Å². The molecule has 0 fully saturated rings. The largest absolute Gasteiger partial charge is 0.342 e. The van der Waals surface area contributed by atoms with E-state index in [1.54, 1.807) is 24.1 Å². The van der Waals surface area contributed by atoms with E-state index in [2.05, 4.69) is 5.43 Å². The van der Waals surface area contributed by atoms with Gasteiger partial charge in [0, 0.05) is 13.6 Å². The van der Waals surface area contributed by atoms with Gasteiger partial charge in [-0.25, -0.2) is 0 Å². The zero-order valence-electron chi connectivity index (χ0n) is 9.16. The number of hydrogen-bond donors (Lipinski definition) is 2. The SMILES string of the molecule is CCCN(C)C(=O)c1ccccc1NN. The minimum Gasteiger partial charge on any atom is -0.342 e. The van der Waals surface area contributed by atoms with Crippen molar-refractivity contribution < 1.29 is 4.79 Å². The summed E-state index contributed by atoms with van der Waals surface area (Å²) in [6.45, 7) is 2.79. The average molecular weight is 207 g/mol. The molecule has 0 bridgehead atoms. The highest BCUT2D eigenvalue weighted by Crippen LogP contribution is 2.15. The van der Waals surface area contributed by atoms with E-state index < -0.39 is 0 Å². The molecule has 15 heavy (non-hydrogen) atoms. The summed E-state index contributed by atoms with van der Waals surface area (Å²) in [7, 11) is 1.79. The Hall–Kier alpha value is -1.55. The van der Waals surface area contributed by atoms with E-state index >= 15 is 0 Å². The molecule has 3 N–H and O–H groups in total. The molecule has 4 nitrogen and oxygen atoms in total. The maximum absolute atomic E-state index is 11.9. The smallest absolute Gasteiger partial charge is 0.255 e. The molecule has 82 valence electrons. The highest BCUT2D eigenvalue weighted by Gasteiger charge is 2.13. The Bertz CT molecular complexity index is 338. The summed E-state index contributed by atoms with van der Waals surface area (Å²) >= 11 is 0. The third-order valence-electron chi connectivity index (χ3n) is 2.22. The van der Waals surface area contributed by atoms with Crippen LogP contribution in [0.3, 0.4) is 0 Å². The predicted molar refractivity (Wildman–Crippen MR) is 61.5 cm³/mol. The van der Waals surface area contributed by atoms with Crippen molar-refractivity contribution in [3.05, 3.63) is 29.8 Å². The van der Waals surface area contributed by atoms with E-state index in [-0.39, 0.29) is 5.91 Å². The Morgan fingerprint density at radius 1 is 1.47 bits per heavy atom. The third kappa shape index (κ3) is 2.70. The standard InChI is InChI=1S/C11H17N3O/c1-3-8-14(2)11(15)9-6-4-5-7-10(9)13-12/h4-7,13H,3,8,12H2,1-2H3. The first-order valence-electron chi connectivity index (χ1n) is 5.01. The van der Waals surface area contributed by atoms with Crippen molar-refractivity contribution in [3.63, 3.8) is 0 Å². The maximum atomic E-state index is 11.9. The van der Waals surface area contributed by atoms with Crippen LogP contribution in [-0.4, -0.2) is 24.4 Å². The monoisotopic (exact) mass is 207 g/mol. The third-order valence-corrected chi connectivity index (χ3v) is 2.22. The van der Waals surface area contributed by atoms with E-state index in [0.29, 0.717) is 11.3 Å². The van der Waals surface area contributed by atoms with Crippen LogP contribution < -0.4 is 11.3 Å². The lowest BCUT2D eigenvalue weighted by molar-refractivity contribution is 0.0796. The van der Waals surface area contributed by atoms with Crippen LogP contribution in [0.15, 0.2) is 24.3 Å². The van der Waals surface area contributed by atoms with Gasteiger partial charge in [-0.05, 0) is 18.6 Å². The van der Waals surface area contributed by atoms with E-state index in [4.69, 9.17) is 5.84 Å². The lowest BCUT2D eigenvalue weighted by Gasteiger charge is -2.17. The number of nitrogen functional groups attached to an aromatic ring is 1. The van der Waals surface area contributed by atoms with Crippen LogP contribution in [0.4, 0.5) is 5.69 Å². The highest BCUT2D eigenvalue weighted by atomic mass is 16.2. The number of para-hydroxylation sites is 1. The van der Waals surface area contributed by atoms with Crippen LogP contribution in [-0.2, 0) is 0 Å². The van der Waals surface area contributed by atoms with Gasteiger partial charge in [0.25, 0.3) is 5.91 Å². The second-order valence-corrected chi connectivity index (χ2v) is 3.42. The second-order valence-electron chi connectivity index (χ2n) is 3.42. The Labute approximate surface area is 90.0 Å². The number of anilines is 1. The first-order chi connectivity index (χ1) is 7.20. The Morgan fingerprint density at radius 3 is 2.73 bits per heavy atom. The summed E-state index contributed by atoms with van der Waals surface area (Å²) in [6.07, 6.45) is 0.945. The molecule has 0 saturated heterocycles. The quantitative estimate of drug-likeness (QED) is 0.580. The molecule has 0 spiro atoms. The fourth-order valence-corrected chi connectivity index (χ4v) is 1.44. The van der Waals surface area contributed by atoms with Gasteiger partial charge in [0.2, 0.25) is 0 Å². The van der Waals surface area contributed by atoms with Crippen LogP contribution >= 0.6 is 0 Å². The Morgan fingerprint density at radius 2 is 2.13 bits per heavy atom. The van der Waals surface area contributed by atoms with Gasteiger partial charge in [-0.1, -0.05) is 19.1 Å². The van der Waals surface area contributed by atoms with Crippen LogP contribution in [0.1, 0.15) is 23.7 Å². The zero-order chi connectivity index (χ0) is 11.3. The summed E-state index contributed by atoms with van der Waals surface area (Å²) in [6, 6.07) is 7.22. The van der Waals surface area contributed by atoms with E-state index in [0.717, 1.165) is 13.0 Å². The minimum atomic E-state index is -0.00889. The summed E-state index contributed by atoms with van der Waals surface area (Å²) in [5.74, 6) is 5.33. The molecule has 0 atom stereocenters. The summed E-state index contributed by atoms with van der Waals surface area (Å²) in [5, 5.41) is 0. The van der Waals surface area contributed by atoms with Crippen LogP contribution in [0.5, 0.6) is 0 Å². The average Bonchev–Trinajstić information content (AvgIpc) is 2.28. The molecular weight excluding hydrogens is 190 g/mol. The van der Waals surface area contributed by atoms with Crippen molar-refractivity contribution in [2.75, 3.05) is 19.0 Å². The normalized spacial score (nSPS) is 9.80. The van der Waals surface area contributed by atoms with Crippen molar-refractivity contribution in [3.8, 4) is 0 Å².